The summed E-state index contributed by atoms with van der Waals surface area (Å²) in [5.74, 6) is -0.412. The molecule has 0 bridgehead atoms. The second kappa shape index (κ2) is 3.73. The molecule has 1 heterocycles. The molecule has 0 N–H and O–H groups in total. The lowest BCUT2D eigenvalue weighted by molar-refractivity contribution is 0.00610. The van der Waals surface area contributed by atoms with Gasteiger partial charge in [0.15, 0.2) is 5.69 Å². The Kier molecular flexibility index (Phi) is 2.99. The standard InChI is InChI=1S/C9H13BrN2O2/c1-9(2,3)14-8(13)7-6(10)5-12(4)11-7/h5H,1-4H3. The number of hydrogen-bond acceptors (Lipinski definition) is 3. The van der Waals surface area contributed by atoms with Crippen LogP contribution in [0.1, 0.15) is 31.3 Å². The van der Waals surface area contributed by atoms with Crippen LogP contribution in [-0.2, 0) is 11.8 Å². The van der Waals surface area contributed by atoms with Crippen LogP contribution < -0.4 is 0 Å². The van der Waals surface area contributed by atoms with Crippen LogP contribution >= 0.6 is 15.9 Å². The second-order valence-corrected chi connectivity index (χ2v) is 4.86. The topological polar surface area (TPSA) is 44.1 Å². The van der Waals surface area contributed by atoms with E-state index in [1.807, 2.05) is 20.8 Å². The molecule has 0 unspecified atom stereocenters. The summed E-state index contributed by atoms with van der Waals surface area (Å²) >= 11 is 3.24. The first kappa shape index (κ1) is 11.2. The summed E-state index contributed by atoms with van der Waals surface area (Å²) in [7, 11) is 1.75. The third-order valence-corrected chi connectivity index (χ3v) is 1.96. The fourth-order valence-electron chi connectivity index (χ4n) is 0.924. The fraction of sp³-hybridized carbons (Fsp3) is 0.556. The Bertz CT molecular complexity index is 352. The van der Waals surface area contributed by atoms with Crippen molar-refractivity contribution in [2.75, 3.05) is 0 Å². The van der Waals surface area contributed by atoms with E-state index in [1.54, 1.807) is 17.9 Å². The largest absolute Gasteiger partial charge is 0.455 e. The van der Waals surface area contributed by atoms with Gasteiger partial charge in [-0.05, 0) is 36.7 Å². The van der Waals surface area contributed by atoms with Crippen molar-refractivity contribution in [3.8, 4) is 0 Å². The number of ether oxygens (including phenoxy) is 1. The van der Waals surface area contributed by atoms with Crippen molar-refractivity contribution < 1.29 is 9.53 Å². The van der Waals surface area contributed by atoms with E-state index >= 15 is 0 Å². The number of aromatic nitrogens is 2. The summed E-state index contributed by atoms with van der Waals surface area (Å²) < 4.78 is 7.38. The summed E-state index contributed by atoms with van der Waals surface area (Å²) in [6.45, 7) is 5.46. The first-order valence-electron chi connectivity index (χ1n) is 4.22. The molecule has 0 spiro atoms. The van der Waals surface area contributed by atoms with Crippen LogP contribution in [0.5, 0.6) is 0 Å². The van der Waals surface area contributed by atoms with Crippen LogP contribution in [0.3, 0.4) is 0 Å². The van der Waals surface area contributed by atoms with Gasteiger partial charge in [-0.2, -0.15) is 5.10 Å². The predicted molar refractivity (Wildman–Crippen MR) is 56.1 cm³/mol. The Balaban J connectivity index is 2.85. The molecule has 1 aromatic rings. The maximum Gasteiger partial charge on any atom is 0.360 e. The zero-order chi connectivity index (χ0) is 10.9. The fourth-order valence-corrected chi connectivity index (χ4v) is 1.46. The first-order chi connectivity index (χ1) is 6.29. The summed E-state index contributed by atoms with van der Waals surface area (Å²) in [5.41, 5.74) is -0.184. The van der Waals surface area contributed by atoms with Crippen molar-refractivity contribution in [1.29, 1.82) is 0 Å². The number of hydrogen-bond donors (Lipinski definition) is 0. The third-order valence-electron chi connectivity index (χ3n) is 1.38. The molecule has 0 saturated carbocycles. The van der Waals surface area contributed by atoms with E-state index in [4.69, 9.17) is 4.74 Å². The average molecular weight is 261 g/mol. The molecule has 1 rings (SSSR count). The number of rotatable bonds is 1. The molecular formula is C9H13BrN2O2. The molecule has 0 fully saturated rings. The highest BCUT2D eigenvalue weighted by Gasteiger charge is 2.22. The molecule has 0 amide bonds. The van der Waals surface area contributed by atoms with E-state index < -0.39 is 11.6 Å². The number of carbonyl (C=O) groups excluding carboxylic acids is 1. The molecule has 1 aromatic heterocycles. The normalized spacial score (nSPS) is 11.5. The average Bonchev–Trinajstić information content (AvgIpc) is 2.26. The molecule has 0 radical (unpaired) electrons. The van der Waals surface area contributed by atoms with Crippen molar-refractivity contribution in [1.82, 2.24) is 9.78 Å². The van der Waals surface area contributed by atoms with Gasteiger partial charge < -0.3 is 4.74 Å². The van der Waals surface area contributed by atoms with Gasteiger partial charge in [0.2, 0.25) is 0 Å². The van der Waals surface area contributed by atoms with Crippen LogP contribution in [0, 0.1) is 0 Å². The molecule has 0 aliphatic carbocycles. The molecule has 14 heavy (non-hydrogen) atoms. The smallest absolute Gasteiger partial charge is 0.360 e. The highest BCUT2D eigenvalue weighted by atomic mass is 79.9. The van der Waals surface area contributed by atoms with Gasteiger partial charge in [-0.15, -0.1) is 0 Å². The Morgan fingerprint density at radius 1 is 1.57 bits per heavy atom. The molecule has 0 atom stereocenters. The van der Waals surface area contributed by atoms with Gasteiger partial charge in [0.05, 0.1) is 4.47 Å². The second-order valence-electron chi connectivity index (χ2n) is 4.00. The SMILES string of the molecule is Cn1cc(Br)c(C(=O)OC(C)(C)C)n1. The van der Waals surface area contributed by atoms with Gasteiger partial charge in [0, 0.05) is 13.2 Å². The molecule has 0 aliphatic rings. The minimum absolute atomic E-state index is 0.308. The van der Waals surface area contributed by atoms with Crippen molar-refractivity contribution in [2.45, 2.75) is 26.4 Å². The van der Waals surface area contributed by atoms with Crippen molar-refractivity contribution >= 4 is 21.9 Å². The predicted octanol–water partition coefficient (Wildman–Crippen LogP) is 2.14. The number of halogens is 1. The molecule has 0 aliphatic heterocycles. The minimum Gasteiger partial charge on any atom is -0.455 e. The Morgan fingerprint density at radius 2 is 2.14 bits per heavy atom. The van der Waals surface area contributed by atoms with E-state index in [0.717, 1.165) is 0 Å². The lowest BCUT2D eigenvalue weighted by Crippen LogP contribution is -2.24. The lowest BCUT2D eigenvalue weighted by Gasteiger charge is -2.18. The number of nitrogens with zero attached hydrogens (tertiary/aromatic N) is 2. The molecule has 78 valence electrons. The third kappa shape index (κ3) is 2.83. The molecule has 5 heteroatoms. The molecule has 0 saturated heterocycles. The Hall–Kier alpha value is -0.840. The Morgan fingerprint density at radius 3 is 2.50 bits per heavy atom. The van der Waals surface area contributed by atoms with Crippen molar-refractivity contribution in [3.05, 3.63) is 16.4 Å². The summed E-state index contributed by atoms with van der Waals surface area (Å²) in [5, 5.41) is 3.99. The highest BCUT2D eigenvalue weighted by Crippen LogP contribution is 2.18. The van der Waals surface area contributed by atoms with E-state index in [1.165, 1.54) is 0 Å². The van der Waals surface area contributed by atoms with Gasteiger partial charge in [-0.25, -0.2) is 4.79 Å². The zero-order valence-electron chi connectivity index (χ0n) is 8.67. The van der Waals surface area contributed by atoms with E-state index in [2.05, 4.69) is 21.0 Å². The number of aryl methyl sites for hydroxylation is 1. The quantitative estimate of drug-likeness (QED) is 0.727. The van der Waals surface area contributed by atoms with Crippen molar-refractivity contribution in [3.63, 3.8) is 0 Å². The van der Waals surface area contributed by atoms with Gasteiger partial charge in [0.25, 0.3) is 0 Å². The van der Waals surface area contributed by atoms with Crippen LogP contribution in [0.25, 0.3) is 0 Å². The maximum atomic E-state index is 11.6. The van der Waals surface area contributed by atoms with Gasteiger partial charge in [-0.3, -0.25) is 4.68 Å². The van der Waals surface area contributed by atoms with Crippen LogP contribution in [0.4, 0.5) is 0 Å². The van der Waals surface area contributed by atoms with E-state index in [0.29, 0.717) is 10.2 Å². The molecule has 0 aromatic carbocycles. The molecule has 4 nitrogen and oxygen atoms in total. The van der Waals surface area contributed by atoms with Gasteiger partial charge >= 0.3 is 5.97 Å². The van der Waals surface area contributed by atoms with Crippen LogP contribution in [-0.4, -0.2) is 21.4 Å². The first-order valence-corrected chi connectivity index (χ1v) is 5.01. The van der Waals surface area contributed by atoms with Crippen LogP contribution in [0.15, 0.2) is 10.7 Å². The van der Waals surface area contributed by atoms with Gasteiger partial charge in [-0.1, -0.05) is 0 Å². The summed E-state index contributed by atoms with van der Waals surface area (Å²) in [6.07, 6.45) is 1.71. The summed E-state index contributed by atoms with van der Waals surface area (Å²) in [4.78, 5) is 11.6. The number of esters is 1. The molecular weight excluding hydrogens is 248 g/mol. The monoisotopic (exact) mass is 260 g/mol. The number of carbonyl (C=O) groups is 1. The van der Waals surface area contributed by atoms with E-state index in [-0.39, 0.29) is 0 Å². The lowest BCUT2D eigenvalue weighted by atomic mass is 10.2. The summed E-state index contributed by atoms with van der Waals surface area (Å²) in [6, 6.07) is 0. The Labute approximate surface area is 91.4 Å². The highest BCUT2D eigenvalue weighted by molar-refractivity contribution is 9.10. The minimum atomic E-state index is -0.492. The van der Waals surface area contributed by atoms with Crippen LogP contribution in [0.2, 0.25) is 0 Å². The van der Waals surface area contributed by atoms with Gasteiger partial charge in [0.1, 0.15) is 5.60 Å². The zero-order valence-corrected chi connectivity index (χ0v) is 10.3. The maximum absolute atomic E-state index is 11.6. The van der Waals surface area contributed by atoms with E-state index in [9.17, 15) is 4.79 Å². The van der Waals surface area contributed by atoms with Crippen molar-refractivity contribution in [2.24, 2.45) is 7.05 Å².